The second-order valence-corrected chi connectivity index (χ2v) is 7.62. The number of nitro benzene ring substituents is 1. The molecule has 1 heterocycles. The van der Waals surface area contributed by atoms with Crippen LogP contribution in [-0.2, 0) is 31.1 Å². The number of non-ortho nitro benzene ring substituents is 1. The Hall–Kier alpha value is -3.26. The summed E-state index contributed by atoms with van der Waals surface area (Å²) in [5.74, 6) is -0.717. The van der Waals surface area contributed by atoms with Crippen LogP contribution in [0, 0.1) is 23.0 Å². The number of carbonyl (C=O) groups excluding carboxylic acids is 2. The van der Waals surface area contributed by atoms with E-state index < -0.39 is 16.5 Å². The summed E-state index contributed by atoms with van der Waals surface area (Å²) in [5.41, 5.74) is 1.31. The van der Waals surface area contributed by atoms with E-state index in [1.54, 1.807) is 19.9 Å². The van der Waals surface area contributed by atoms with E-state index in [4.69, 9.17) is 14.2 Å². The molecule has 2 aromatic rings. The number of carbonyl (C=O) groups is 2. The molecule has 0 bridgehead atoms. The number of hydrogen-bond acceptors (Lipinski definition) is 7. The van der Waals surface area contributed by atoms with Crippen molar-refractivity contribution in [1.29, 1.82) is 0 Å². The van der Waals surface area contributed by atoms with E-state index in [2.05, 4.69) is 0 Å². The lowest BCUT2D eigenvalue weighted by Gasteiger charge is -2.18. The fraction of sp³-hybridized carbons (Fsp3) is 0.364. The van der Waals surface area contributed by atoms with Crippen LogP contribution in [0.4, 0.5) is 5.69 Å². The number of esters is 2. The number of epoxide rings is 1. The summed E-state index contributed by atoms with van der Waals surface area (Å²) >= 11 is 0. The molecular weight excluding hydrogens is 390 g/mol. The molecule has 0 aromatic heterocycles. The van der Waals surface area contributed by atoms with E-state index in [0.717, 1.165) is 5.56 Å². The summed E-state index contributed by atoms with van der Waals surface area (Å²) in [7, 11) is 0. The van der Waals surface area contributed by atoms with Crippen molar-refractivity contribution >= 4 is 17.6 Å². The van der Waals surface area contributed by atoms with Gasteiger partial charge in [0.1, 0.15) is 12.4 Å². The molecule has 3 rings (SSSR count). The second-order valence-electron chi connectivity index (χ2n) is 7.62. The van der Waals surface area contributed by atoms with E-state index in [9.17, 15) is 19.7 Å². The first-order valence-corrected chi connectivity index (χ1v) is 9.56. The van der Waals surface area contributed by atoms with E-state index in [-0.39, 0.29) is 30.6 Å². The second kappa shape index (κ2) is 8.62. The highest BCUT2D eigenvalue weighted by Crippen LogP contribution is 2.44. The van der Waals surface area contributed by atoms with Crippen molar-refractivity contribution < 1.29 is 28.7 Å². The van der Waals surface area contributed by atoms with Gasteiger partial charge in [-0.25, -0.2) is 0 Å². The SMILES string of the molecule is Cc1ccc(C2(COC(=O)Cc3ccc([N+](=O)[O-])cc3)CO2)c(OC(=O)C(C)C)c1. The van der Waals surface area contributed by atoms with Crippen LogP contribution in [0.15, 0.2) is 42.5 Å². The Balaban J connectivity index is 1.66. The summed E-state index contributed by atoms with van der Waals surface area (Å²) in [4.78, 5) is 34.5. The third-order valence-electron chi connectivity index (χ3n) is 4.76. The van der Waals surface area contributed by atoms with Crippen LogP contribution in [0.5, 0.6) is 5.75 Å². The van der Waals surface area contributed by atoms with E-state index >= 15 is 0 Å². The average molecular weight is 413 g/mol. The Kier molecular flexibility index (Phi) is 6.17. The number of hydrogen-bond donors (Lipinski definition) is 0. The molecule has 1 atom stereocenters. The molecule has 0 aliphatic carbocycles. The Morgan fingerprint density at radius 1 is 1.20 bits per heavy atom. The van der Waals surface area contributed by atoms with Gasteiger partial charge in [-0.15, -0.1) is 0 Å². The zero-order valence-corrected chi connectivity index (χ0v) is 17.0. The van der Waals surface area contributed by atoms with Gasteiger partial charge >= 0.3 is 11.9 Å². The minimum Gasteiger partial charge on any atom is -0.462 e. The fourth-order valence-electron chi connectivity index (χ4n) is 2.87. The molecule has 0 spiro atoms. The summed E-state index contributed by atoms with van der Waals surface area (Å²) < 4.78 is 16.5. The normalized spacial score (nSPS) is 17.5. The van der Waals surface area contributed by atoms with Gasteiger partial charge in [-0.3, -0.25) is 19.7 Å². The van der Waals surface area contributed by atoms with Gasteiger partial charge in [0.05, 0.1) is 23.9 Å². The van der Waals surface area contributed by atoms with Gasteiger partial charge < -0.3 is 14.2 Å². The molecule has 0 amide bonds. The van der Waals surface area contributed by atoms with E-state index in [1.807, 2.05) is 19.1 Å². The maximum atomic E-state index is 12.2. The third kappa shape index (κ3) is 5.01. The first kappa shape index (κ1) is 21.4. The lowest BCUT2D eigenvalue weighted by Crippen LogP contribution is -2.23. The van der Waals surface area contributed by atoms with Gasteiger partial charge in [0, 0.05) is 17.7 Å². The molecule has 1 aliphatic heterocycles. The molecule has 1 aliphatic rings. The summed E-state index contributed by atoms with van der Waals surface area (Å²) in [6, 6.07) is 11.2. The Morgan fingerprint density at radius 3 is 2.43 bits per heavy atom. The summed E-state index contributed by atoms with van der Waals surface area (Å²) in [5, 5.41) is 10.7. The summed E-state index contributed by atoms with van der Waals surface area (Å²) in [6.45, 7) is 5.71. The topological polar surface area (TPSA) is 108 Å². The fourth-order valence-corrected chi connectivity index (χ4v) is 2.87. The lowest BCUT2D eigenvalue weighted by molar-refractivity contribution is -0.384. The molecule has 0 radical (unpaired) electrons. The molecule has 30 heavy (non-hydrogen) atoms. The van der Waals surface area contributed by atoms with E-state index in [1.165, 1.54) is 24.3 Å². The zero-order chi connectivity index (χ0) is 21.9. The van der Waals surface area contributed by atoms with Crippen molar-refractivity contribution in [3.63, 3.8) is 0 Å². The number of nitro groups is 1. The van der Waals surface area contributed by atoms with Crippen molar-refractivity contribution in [1.82, 2.24) is 0 Å². The highest BCUT2D eigenvalue weighted by Gasteiger charge is 2.50. The van der Waals surface area contributed by atoms with Crippen LogP contribution < -0.4 is 4.74 Å². The van der Waals surface area contributed by atoms with Crippen LogP contribution in [0.25, 0.3) is 0 Å². The minimum absolute atomic E-state index is 0.0167. The number of benzene rings is 2. The van der Waals surface area contributed by atoms with Crippen molar-refractivity contribution in [2.45, 2.75) is 32.8 Å². The van der Waals surface area contributed by atoms with Gasteiger partial charge in [-0.05, 0) is 24.1 Å². The predicted octanol–water partition coefficient (Wildman–Crippen LogP) is 3.48. The standard InChI is InChI=1S/C22H23NO7/c1-14(2)21(25)30-19-10-15(3)4-9-18(19)22(13-29-22)12-28-20(24)11-16-5-7-17(8-6-16)23(26)27/h4-10,14H,11-13H2,1-3H3. The largest absolute Gasteiger partial charge is 0.462 e. The Morgan fingerprint density at radius 2 is 1.87 bits per heavy atom. The number of nitrogens with zero attached hydrogens (tertiary/aromatic N) is 1. The minimum atomic E-state index is -0.842. The summed E-state index contributed by atoms with van der Waals surface area (Å²) in [6.07, 6.45) is -0.0167. The van der Waals surface area contributed by atoms with Crippen LogP contribution in [0.3, 0.4) is 0 Å². The van der Waals surface area contributed by atoms with Crippen molar-refractivity contribution in [3.05, 3.63) is 69.3 Å². The molecule has 1 fully saturated rings. The molecule has 1 saturated heterocycles. The molecule has 0 N–H and O–H groups in total. The molecule has 2 aromatic carbocycles. The van der Waals surface area contributed by atoms with Gasteiger partial charge in [-0.1, -0.05) is 38.1 Å². The van der Waals surface area contributed by atoms with E-state index in [0.29, 0.717) is 23.5 Å². The molecule has 1 unspecified atom stereocenters. The third-order valence-corrected chi connectivity index (χ3v) is 4.76. The molecule has 8 heteroatoms. The lowest BCUT2D eigenvalue weighted by atomic mass is 9.98. The van der Waals surface area contributed by atoms with Crippen molar-refractivity contribution in [2.24, 2.45) is 5.92 Å². The molecule has 0 saturated carbocycles. The predicted molar refractivity (Wildman–Crippen MR) is 107 cm³/mol. The quantitative estimate of drug-likeness (QED) is 0.214. The van der Waals surface area contributed by atoms with Crippen molar-refractivity contribution in [3.8, 4) is 5.75 Å². The number of ether oxygens (including phenoxy) is 3. The highest BCUT2D eigenvalue weighted by atomic mass is 16.6. The van der Waals surface area contributed by atoms with Crippen LogP contribution in [0.2, 0.25) is 0 Å². The maximum Gasteiger partial charge on any atom is 0.313 e. The molecule has 158 valence electrons. The Bertz CT molecular complexity index is 962. The van der Waals surface area contributed by atoms with Crippen molar-refractivity contribution in [2.75, 3.05) is 13.2 Å². The number of aryl methyl sites for hydroxylation is 1. The molecule has 8 nitrogen and oxygen atoms in total. The first-order chi connectivity index (χ1) is 14.2. The first-order valence-electron chi connectivity index (χ1n) is 9.56. The van der Waals surface area contributed by atoms with Gasteiger partial charge in [0.2, 0.25) is 0 Å². The maximum absolute atomic E-state index is 12.2. The zero-order valence-electron chi connectivity index (χ0n) is 17.0. The van der Waals surface area contributed by atoms with Gasteiger partial charge in [-0.2, -0.15) is 0 Å². The van der Waals surface area contributed by atoms with Crippen LogP contribution in [-0.4, -0.2) is 30.1 Å². The van der Waals surface area contributed by atoms with Crippen LogP contribution in [0.1, 0.15) is 30.5 Å². The Labute approximate surface area is 173 Å². The average Bonchev–Trinajstić information content (AvgIpc) is 3.48. The monoisotopic (exact) mass is 413 g/mol. The van der Waals surface area contributed by atoms with Gasteiger partial charge in [0.15, 0.2) is 5.60 Å². The smallest absolute Gasteiger partial charge is 0.313 e. The van der Waals surface area contributed by atoms with Gasteiger partial charge in [0.25, 0.3) is 5.69 Å². The highest BCUT2D eigenvalue weighted by molar-refractivity contribution is 5.75. The number of rotatable bonds is 8. The van der Waals surface area contributed by atoms with Crippen LogP contribution >= 0.6 is 0 Å². The molecular formula is C22H23NO7.